The fraction of sp³-hybridized carbons (Fsp3) is 0.571. The van der Waals surface area contributed by atoms with Crippen LogP contribution in [0.25, 0.3) is 0 Å². The molecule has 0 aromatic carbocycles. The number of pyridine rings is 1. The number of anilines is 1. The van der Waals surface area contributed by atoms with E-state index in [9.17, 15) is 9.59 Å². The van der Waals surface area contributed by atoms with Crippen molar-refractivity contribution in [2.75, 3.05) is 11.9 Å². The quantitative estimate of drug-likeness (QED) is 0.821. The van der Waals surface area contributed by atoms with Gasteiger partial charge in [0, 0.05) is 18.8 Å². The van der Waals surface area contributed by atoms with Crippen LogP contribution in [0.5, 0.6) is 0 Å². The molecule has 0 spiro atoms. The third-order valence-corrected chi connectivity index (χ3v) is 2.89. The van der Waals surface area contributed by atoms with Gasteiger partial charge in [0.1, 0.15) is 0 Å². The lowest BCUT2D eigenvalue weighted by molar-refractivity contribution is -0.121. The van der Waals surface area contributed by atoms with Crippen molar-refractivity contribution in [2.45, 2.75) is 46.2 Å². The number of aromatic nitrogens is 1. The first-order chi connectivity index (χ1) is 8.90. The number of nitrogens with one attached hydrogen (secondary N) is 2. The normalized spacial score (nSPS) is 11.4. The molecule has 1 aromatic heterocycles. The van der Waals surface area contributed by atoms with E-state index in [4.69, 9.17) is 0 Å². The molecule has 0 bridgehead atoms. The van der Waals surface area contributed by atoms with Crippen LogP contribution in [0.15, 0.2) is 23.1 Å². The average Bonchev–Trinajstić information content (AvgIpc) is 2.33. The molecular weight excluding hydrogens is 242 g/mol. The van der Waals surface area contributed by atoms with Gasteiger partial charge in [-0.05, 0) is 32.9 Å². The molecule has 0 radical (unpaired) electrons. The van der Waals surface area contributed by atoms with Crippen LogP contribution >= 0.6 is 0 Å². The highest BCUT2D eigenvalue weighted by Crippen LogP contribution is 2.09. The maximum atomic E-state index is 12.1. The maximum absolute atomic E-state index is 12.1. The van der Waals surface area contributed by atoms with Gasteiger partial charge in [-0.15, -0.1) is 0 Å². The van der Waals surface area contributed by atoms with E-state index >= 15 is 0 Å². The van der Waals surface area contributed by atoms with Crippen LogP contribution in [0.2, 0.25) is 0 Å². The summed E-state index contributed by atoms with van der Waals surface area (Å²) in [6, 6.07) is 3.11. The molecule has 2 N–H and O–H groups in total. The summed E-state index contributed by atoms with van der Waals surface area (Å²) in [7, 11) is 0. The van der Waals surface area contributed by atoms with Gasteiger partial charge in [-0.2, -0.15) is 0 Å². The Balaban J connectivity index is 2.85. The van der Waals surface area contributed by atoms with Gasteiger partial charge >= 0.3 is 0 Å². The fourth-order valence-corrected chi connectivity index (χ4v) is 1.83. The summed E-state index contributed by atoms with van der Waals surface area (Å²) >= 11 is 0. The number of aryl methyl sites for hydroxylation is 1. The molecule has 1 amide bonds. The van der Waals surface area contributed by atoms with Crippen LogP contribution in [0.3, 0.4) is 0 Å². The third-order valence-electron chi connectivity index (χ3n) is 2.89. The van der Waals surface area contributed by atoms with Gasteiger partial charge in [-0.1, -0.05) is 13.8 Å². The highest BCUT2D eigenvalue weighted by atomic mass is 16.2. The van der Waals surface area contributed by atoms with Gasteiger partial charge < -0.3 is 15.2 Å². The summed E-state index contributed by atoms with van der Waals surface area (Å²) in [4.78, 5) is 23.7. The van der Waals surface area contributed by atoms with Crippen LogP contribution in [0.4, 0.5) is 5.69 Å². The second-order valence-electron chi connectivity index (χ2n) is 5.06. The van der Waals surface area contributed by atoms with Crippen molar-refractivity contribution in [2.24, 2.45) is 0 Å². The molecule has 1 aromatic rings. The number of likely N-dealkylation sites (N-methyl/N-ethyl adjacent to an activating group) is 1. The minimum atomic E-state index is -0.638. The summed E-state index contributed by atoms with van der Waals surface area (Å²) in [5.74, 6) is -0.115. The largest absolute Gasteiger partial charge is 0.323 e. The fourth-order valence-electron chi connectivity index (χ4n) is 1.83. The minimum absolute atomic E-state index is 0.0502. The second kappa shape index (κ2) is 6.52. The topological polar surface area (TPSA) is 63.1 Å². The van der Waals surface area contributed by atoms with Gasteiger partial charge in [0.2, 0.25) is 5.91 Å². The van der Waals surface area contributed by atoms with Gasteiger partial charge in [0.05, 0.1) is 11.2 Å². The molecule has 5 heteroatoms. The van der Waals surface area contributed by atoms with E-state index in [1.165, 1.54) is 6.07 Å². The molecular formula is C14H23N3O2. The van der Waals surface area contributed by atoms with Crippen LogP contribution in [-0.2, 0) is 11.3 Å². The Kier molecular flexibility index (Phi) is 5.30. The predicted molar refractivity (Wildman–Crippen MR) is 77.4 cm³/mol. The van der Waals surface area contributed by atoms with Crippen LogP contribution in [-0.4, -0.2) is 22.6 Å². The number of nitrogens with zero attached hydrogens (tertiary/aromatic N) is 1. The second-order valence-corrected chi connectivity index (χ2v) is 5.06. The first kappa shape index (κ1) is 15.4. The number of hydrogen-bond donors (Lipinski definition) is 2. The number of carbonyl (C=O) groups excluding carboxylic acids is 1. The first-order valence-corrected chi connectivity index (χ1v) is 6.67. The van der Waals surface area contributed by atoms with E-state index in [1.54, 1.807) is 16.8 Å². The highest BCUT2D eigenvalue weighted by Gasteiger charge is 2.26. The molecule has 0 saturated heterocycles. The van der Waals surface area contributed by atoms with Crippen LogP contribution in [0, 0.1) is 0 Å². The van der Waals surface area contributed by atoms with E-state index in [2.05, 4.69) is 10.6 Å². The van der Waals surface area contributed by atoms with Gasteiger partial charge in [-0.3, -0.25) is 9.59 Å². The van der Waals surface area contributed by atoms with Crippen molar-refractivity contribution in [1.29, 1.82) is 0 Å². The number of carbonyl (C=O) groups is 1. The van der Waals surface area contributed by atoms with E-state index in [1.807, 2.05) is 27.7 Å². The van der Waals surface area contributed by atoms with Crippen molar-refractivity contribution >= 4 is 11.6 Å². The van der Waals surface area contributed by atoms with E-state index in [-0.39, 0.29) is 11.5 Å². The molecule has 0 unspecified atom stereocenters. The molecule has 0 aliphatic heterocycles. The van der Waals surface area contributed by atoms with Crippen LogP contribution < -0.4 is 16.2 Å². The standard InChI is InChI=1S/C14H23N3O2/c1-5-9-17-10-11(7-8-12(17)18)16-13(19)14(3,4)15-6-2/h7-8,10,15H,5-6,9H2,1-4H3,(H,16,19). The zero-order chi connectivity index (χ0) is 14.5. The molecule has 106 valence electrons. The summed E-state index contributed by atoms with van der Waals surface area (Å²) in [6.45, 7) is 8.99. The van der Waals surface area contributed by atoms with Crippen molar-refractivity contribution in [3.63, 3.8) is 0 Å². The van der Waals surface area contributed by atoms with Crippen molar-refractivity contribution in [1.82, 2.24) is 9.88 Å². The van der Waals surface area contributed by atoms with Crippen molar-refractivity contribution in [3.05, 3.63) is 28.7 Å². The first-order valence-electron chi connectivity index (χ1n) is 6.67. The predicted octanol–water partition coefficient (Wildman–Crippen LogP) is 1.58. The molecule has 0 aliphatic rings. The minimum Gasteiger partial charge on any atom is -0.323 e. The smallest absolute Gasteiger partial charge is 0.250 e. The summed E-state index contributed by atoms with van der Waals surface area (Å²) in [6.07, 6.45) is 2.56. The third kappa shape index (κ3) is 4.21. The Morgan fingerprint density at radius 1 is 1.32 bits per heavy atom. The molecule has 5 nitrogen and oxygen atoms in total. The molecule has 0 atom stereocenters. The SMILES string of the molecule is CCCn1cc(NC(=O)C(C)(C)NCC)ccc1=O. The Morgan fingerprint density at radius 3 is 2.58 bits per heavy atom. The maximum Gasteiger partial charge on any atom is 0.250 e. The zero-order valence-electron chi connectivity index (χ0n) is 12.1. The van der Waals surface area contributed by atoms with Crippen molar-refractivity contribution < 1.29 is 4.79 Å². The number of hydrogen-bond acceptors (Lipinski definition) is 3. The number of rotatable bonds is 6. The monoisotopic (exact) mass is 265 g/mol. The molecule has 0 fully saturated rings. The number of amides is 1. The summed E-state index contributed by atoms with van der Waals surface area (Å²) in [5, 5.41) is 5.94. The van der Waals surface area contributed by atoms with E-state index in [0.717, 1.165) is 13.0 Å². The Morgan fingerprint density at radius 2 is 2.00 bits per heavy atom. The average molecular weight is 265 g/mol. The van der Waals surface area contributed by atoms with Gasteiger partial charge in [0.15, 0.2) is 0 Å². The lowest BCUT2D eigenvalue weighted by atomic mass is 10.0. The lowest BCUT2D eigenvalue weighted by Crippen LogP contribution is -2.49. The Hall–Kier alpha value is -1.62. The molecule has 1 heterocycles. The summed E-state index contributed by atoms with van der Waals surface area (Å²) in [5.41, 5.74) is -0.0460. The van der Waals surface area contributed by atoms with Crippen LogP contribution in [0.1, 0.15) is 34.1 Å². The Bertz CT molecular complexity index is 492. The molecule has 0 saturated carbocycles. The van der Waals surface area contributed by atoms with Gasteiger partial charge in [0.25, 0.3) is 5.56 Å². The molecule has 0 aliphatic carbocycles. The highest BCUT2D eigenvalue weighted by molar-refractivity contribution is 5.97. The van der Waals surface area contributed by atoms with Crippen molar-refractivity contribution in [3.8, 4) is 0 Å². The van der Waals surface area contributed by atoms with E-state index in [0.29, 0.717) is 12.2 Å². The lowest BCUT2D eigenvalue weighted by Gasteiger charge is -2.24. The van der Waals surface area contributed by atoms with E-state index < -0.39 is 5.54 Å². The molecule has 1 rings (SSSR count). The Labute approximate surface area is 114 Å². The van der Waals surface area contributed by atoms with Gasteiger partial charge in [-0.25, -0.2) is 0 Å². The summed E-state index contributed by atoms with van der Waals surface area (Å²) < 4.78 is 1.61. The zero-order valence-corrected chi connectivity index (χ0v) is 12.1. The molecule has 19 heavy (non-hydrogen) atoms.